The number of rotatable bonds is 8. The van der Waals surface area contributed by atoms with Crippen LogP contribution in [0.3, 0.4) is 0 Å². The van der Waals surface area contributed by atoms with Gasteiger partial charge >= 0.3 is 5.97 Å². The fourth-order valence-corrected chi connectivity index (χ4v) is 1.10. The van der Waals surface area contributed by atoms with Crippen molar-refractivity contribution in [1.29, 1.82) is 0 Å². The molecular formula is C11H22O4. The molecule has 0 aliphatic carbocycles. The van der Waals surface area contributed by atoms with Crippen LogP contribution in [-0.2, 0) is 14.3 Å². The topological polar surface area (TPSA) is 55.8 Å². The highest BCUT2D eigenvalue weighted by Crippen LogP contribution is 2.20. The van der Waals surface area contributed by atoms with Crippen LogP contribution in [0.4, 0.5) is 0 Å². The number of aliphatic carboxylic acids is 1. The predicted molar refractivity (Wildman–Crippen MR) is 58.0 cm³/mol. The highest BCUT2D eigenvalue weighted by Gasteiger charge is 2.23. The molecule has 0 saturated carbocycles. The molecule has 1 N–H and O–H groups in total. The summed E-state index contributed by atoms with van der Waals surface area (Å²) in [7, 11) is 0. The minimum absolute atomic E-state index is 0.200. The molecule has 0 aromatic heterocycles. The van der Waals surface area contributed by atoms with Crippen molar-refractivity contribution in [2.45, 2.75) is 52.2 Å². The van der Waals surface area contributed by atoms with E-state index in [1.165, 1.54) is 0 Å². The second-order valence-corrected chi connectivity index (χ2v) is 4.16. The molecule has 0 heterocycles. The quantitative estimate of drug-likeness (QED) is 0.677. The largest absolute Gasteiger partial charge is 0.480 e. The standard InChI is InChI=1S/C11H22O4/c1-5-11(4,15-8-10(12)13)6-7-14-9(2)3/h9H,5-8H2,1-4H3,(H,12,13). The Labute approximate surface area is 91.6 Å². The summed E-state index contributed by atoms with van der Waals surface area (Å²) in [4.78, 5) is 10.4. The Kier molecular flexibility index (Phi) is 6.52. The van der Waals surface area contributed by atoms with Gasteiger partial charge in [-0.3, -0.25) is 0 Å². The highest BCUT2D eigenvalue weighted by molar-refractivity contribution is 5.68. The molecule has 0 radical (unpaired) electrons. The molecule has 0 aliphatic rings. The maximum absolute atomic E-state index is 10.4. The summed E-state index contributed by atoms with van der Waals surface area (Å²) in [6.45, 7) is 8.20. The molecule has 0 aliphatic heterocycles. The lowest BCUT2D eigenvalue weighted by atomic mass is 9.99. The van der Waals surface area contributed by atoms with Gasteiger partial charge in [-0.25, -0.2) is 4.79 Å². The highest BCUT2D eigenvalue weighted by atomic mass is 16.5. The van der Waals surface area contributed by atoms with Gasteiger partial charge in [-0.2, -0.15) is 0 Å². The molecule has 1 atom stereocenters. The molecular weight excluding hydrogens is 196 g/mol. The van der Waals surface area contributed by atoms with Crippen molar-refractivity contribution >= 4 is 5.97 Å². The second-order valence-electron chi connectivity index (χ2n) is 4.16. The van der Waals surface area contributed by atoms with Crippen molar-refractivity contribution in [2.75, 3.05) is 13.2 Å². The molecule has 0 bridgehead atoms. The molecule has 0 aromatic carbocycles. The summed E-state index contributed by atoms with van der Waals surface area (Å²) in [6.07, 6.45) is 1.70. The first kappa shape index (κ1) is 14.4. The molecule has 0 saturated heterocycles. The molecule has 15 heavy (non-hydrogen) atoms. The summed E-state index contributed by atoms with van der Waals surface area (Å²) in [5, 5.41) is 8.53. The van der Waals surface area contributed by atoms with E-state index in [4.69, 9.17) is 14.6 Å². The average Bonchev–Trinajstić information content (AvgIpc) is 2.14. The average molecular weight is 218 g/mol. The van der Waals surface area contributed by atoms with Gasteiger partial charge in [0, 0.05) is 6.61 Å². The number of hydrogen-bond donors (Lipinski definition) is 1. The van der Waals surface area contributed by atoms with Crippen LogP contribution in [-0.4, -0.2) is 36.0 Å². The van der Waals surface area contributed by atoms with Gasteiger partial charge in [0.05, 0.1) is 11.7 Å². The lowest BCUT2D eigenvalue weighted by molar-refractivity contribution is -0.150. The molecule has 0 spiro atoms. The maximum atomic E-state index is 10.4. The zero-order valence-electron chi connectivity index (χ0n) is 10.1. The van der Waals surface area contributed by atoms with Gasteiger partial charge in [0.25, 0.3) is 0 Å². The summed E-state index contributed by atoms with van der Waals surface area (Å²) >= 11 is 0. The molecule has 0 fully saturated rings. The third-order valence-corrected chi connectivity index (χ3v) is 2.37. The molecule has 90 valence electrons. The van der Waals surface area contributed by atoms with E-state index in [0.29, 0.717) is 6.61 Å². The van der Waals surface area contributed by atoms with Crippen LogP contribution in [0.1, 0.15) is 40.5 Å². The van der Waals surface area contributed by atoms with Gasteiger partial charge in [-0.05, 0) is 33.6 Å². The van der Waals surface area contributed by atoms with Crippen LogP contribution in [0.5, 0.6) is 0 Å². The minimum Gasteiger partial charge on any atom is -0.480 e. The van der Waals surface area contributed by atoms with Crippen molar-refractivity contribution < 1.29 is 19.4 Å². The smallest absolute Gasteiger partial charge is 0.329 e. The third-order valence-electron chi connectivity index (χ3n) is 2.37. The second kappa shape index (κ2) is 6.80. The lowest BCUT2D eigenvalue weighted by Gasteiger charge is -2.28. The van der Waals surface area contributed by atoms with Crippen LogP contribution < -0.4 is 0 Å². The Bertz CT molecular complexity index is 191. The summed E-state index contributed by atoms with van der Waals surface area (Å²) in [5.41, 5.74) is -0.396. The first-order chi connectivity index (χ1) is 6.89. The first-order valence-corrected chi connectivity index (χ1v) is 5.37. The fraction of sp³-hybridized carbons (Fsp3) is 0.909. The lowest BCUT2D eigenvalue weighted by Crippen LogP contribution is -2.32. The van der Waals surface area contributed by atoms with E-state index in [0.717, 1.165) is 12.8 Å². The van der Waals surface area contributed by atoms with Crippen molar-refractivity contribution in [3.63, 3.8) is 0 Å². The number of carbonyl (C=O) groups is 1. The number of hydrogen-bond acceptors (Lipinski definition) is 3. The third kappa shape index (κ3) is 7.33. The number of carboxylic acid groups (broad SMARTS) is 1. The molecule has 4 nitrogen and oxygen atoms in total. The van der Waals surface area contributed by atoms with Gasteiger partial charge in [-0.1, -0.05) is 6.92 Å². The summed E-state index contributed by atoms with van der Waals surface area (Å²) in [6, 6.07) is 0. The SMILES string of the molecule is CCC(C)(CCOC(C)C)OCC(=O)O. The van der Waals surface area contributed by atoms with Crippen LogP contribution in [0, 0.1) is 0 Å². The fourth-order valence-electron chi connectivity index (χ4n) is 1.10. The zero-order chi connectivity index (χ0) is 11.9. The Hall–Kier alpha value is -0.610. The first-order valence-electron chi connectivity index (χ1n) is 5.37. The molecule has 0 rings (SSSR count). The molecule has 0 aromatic rings. The Morgan fingerprint density at radius 2 is 2.07 bits per heavy atom. The van der Waals surface area contributed by atoms with Crippen LogP contribution in [0.2, 0.25) is 0 Å². The molecule has 1 unspecified atom stereocenters. The minimum atomic E-state index is -0.931. The van der Waals surface area contributed by atoms with Crippen molar-refractivity contribution in [3.8, 4) is 0 Å². The van der Waals surface area contributed by atoms with Crippen molar-refractivity contribution in [3.05, 3.63) is 0 Å². The van der Waals surface area contributed by atoms with E-state index < -0.39 is 11.6 Å². The normalized spacial score (nSPS) is 15.3. The van der Waals surface area contributed by atoms with Gasteiger partial charge in [0.2, 0.25) is 0 Å². The van der Waals surface area contributed by atoms with Crippen molar-refractivity contribution in [1.82, 2.24) is 0 Å². The zero-order valence-corrected chi connectivity index (χ0v) is 10.1. The van der Waals surface area contributed by atoms with E-state index in [2.05, 4.69) is 0 Å². The predicted octanol–water partition coefficient (Wildman–Crippen LogP) is 2.07. The van der Waals surface area contributed by atoms with Crippen molar-refractivity contribution in [2.24, 2.45) is 0 Å². The summed E-state index contributed by atoms with van der Waals surface area (Å²) in [5.74, 6) is -0.931. The Morgan fingerprint density at radius 1 is 1.47 bits per heavy atom. The van der Waals surface area contributed by atoms with Gasteiger partial charge in [-0.15, -0.1) is 0 Å². The van der Waals surface area contributed by atoms with Gasteiger partial charge < -0.3 is 14.6 Å². The number of carboxylic acids is 1. The van der Waals surface area contributed by atoms with E-state index in [-0.39, 0.29) is 12.7 Å². The monoisotopic (exact) mass is 218 g/mol. The number of ether oxygens (including phenoxy) is 2. The van der Waals surface area contributed by atoms with Crippen LogP contribution in [0.25, 0.3) is 0 Å². The van der Waals surface area contributed by atoms with Crippen LogP contribution in [0.15, 0.2) is 0 Å². The van der Waals surface area contributed by atoms with E-state index in [1.54, 1.807) is 0 Å². The van der Waals surface area contributed by atoms with E-state index in [1.807, 2.05) is 27.7 Å². The van der Waals surface area contributed by atoms with Gasteiger partial charge in [0.1, 0.15) is 6.61 Å². The van der Waals surface area contributed by atoms with Gasteiger partial charge in [0.15, 0.2) is 0 Å². The molecule has 0 amide bonds. The maximum Gasteiger partial charge on any atom is 0.329 e. The Morgan fingerprint density at radius 3 is 2.47 bits per heavy atom. The summed E-state index contributed by atoms with van der Waals surface area (Å²) < 4.78 is 10.8. The molecule has 4 heteroatoms. The Balaban J connectivity index is 3.90. The van der Waals surface area contributed by atoms with Crippen LogP contribution >= 0.6 is 0 Å². The van der Waals surface area contributed by atoms with E-state index >= 15 is 0 Å². The van der Waals surface area contributed by atoms with E-state index in [9.17, 15) is 4.79 Å².